The molecule has 4 heteroatoms. The van der Waals surface area contributed by atoms with Gasteiger partial charge in [0.25, 0.3) is 0 Å². The van der Waals surface area contributed by atoms with Gasteiger partial charge in [-0.3, -0.25) is 0 Å². The van der Waals surface area contributed by atoms with Gasteiger partial charge in [-0.05, 0) is 17.0 Å². The Labute approximate surface area is 98.1 Å². The van der Waals surface area contributed by atoms with E-state index in [2.05, 4.69) is 25.8 Å². The van der Waals surface area contributed by atoms with Crippen LogP contribution in [0.2, 0.25) is 5.02 Å². The molecule has 80 valence electrons. The highest BCUT2D eigenvalue weighted by molar-refractivity contribution is 7.22. The smallest absolute Gasteiger partial charge is 0.181 e. The minimum absolute atomic E-state index is 0.0589. The molecule has 0 radical (unpaired) electrons. The number of thiazole rings is 1. The summed E-state index contributed by atoms with van der Waals surface area (Å²) in [6.45, 7) is 6.47. The van der Waals surface area contributed by atoms with Crippen LogP contribution in [-0.4, -0.2) is 4.98 Å². The Morgan fingerprint density at radius 1 is 1.33 bits per heavy atom. The van der Waals surface area contributed by atoms with Gasteiger partial charge in [0.05, 0.1) is 15.2 Å². The molecule has 0 atom stereocenters. The summed E-state index contributed by atoms with van der Waals surface area (Å²) in [5, 5.41) is 1.30. The van der Waals surface area contributed by atoms with E-state index in [0.29, 0.717) is 5.13 Å². The Balaban J connectivity index is 2.83. The summed E-state index contributed by atoms with van der Waals surface area (Å²) >= 11 is 7.55. The summed E-state index contributed by atoms with van der Waals surface area (Å²) in [6.07, 6.45) is 0. The van der Waals surface area contributed by atoms with Crippen LogP contribution in [0.25, 0.3) is 10.2 Å². The van der Waals surface area contributed by atoms with E-state index in [0.717, 1.165) is 15.2 Å². The Kier molecular flexibility index (Phi) is 2.40. The van der Waals surface area contributed by atoms with Crippen molar-refractivity contribution in [1.29, 1.82) is 0 Å². The SMILES string of the molecule is CC(C)(C)c1ccc(Cl)c2sc(N)nc12. The lowest BCUT2D eigenvalue weighted by Gasteiger charge is -2.19. The predicted octanol–water partition coefficient (Wildman–Crippen LogP) is 3.83. The van der Waals surface area contributed by atoms with Crippen molar-refractivity contribution in [2.75, 3.05) is 5.73 Å². The second-order valence-corrected chi connectivity index (χ2v) is 6.01. The summed E-state index contributed by atoms with van der Waals surface area (Å²) in [5.41, 5.74) is 7.91. The minimum Gasteiger partial charge on any atom is -0.375 e. The molecule has 2 nitrogen and oxygen atoms in total. The molecule has 0 bridgehead atoms. The molecular formula is C11H13ClN2S. The van der Waals surface area contributed by atoms with Gasteiger partial charge in [-0.15, -0.1) is 0 Å². The maximum atomic E-state index is 6.11. The van der Waals surface area contributed by atoms with E-state index >= 15 is 0 Å². The Morgan fingerprint density at radius 2 is 2.00 bits per heavy atom. The van der Waals surface area contributed by atoms with E-state index in [1.807, 2.05) is 12.1 Å². The van der Waals surface area contributed by atoms with Crippen LogP contribution >= 0.6 is 22.9 Å². The molecule has 2 N–H and O–H groups in total. The van der Waals surface area contributed by atoms with Gasteiger partial charge in [0.15, 0.2) is 5.13 Å². The van der Waals surface area contributed by atoms with Crippen LogP contribution in [0.3, 0.4) is 0 Å². The van der Waals surface area contributed by atoms with Crippen molar-refractivity contribution in [3.63, 3.8) is 0 Å². The zero-order chi connectivity index (χ0) is 11.2. The first-order valence-electron chi connectivity index (χ1n) is 4.74. The lowest BCUT2D eigenvalue weighted by atomic mass is 9.86. The number of anilines is 1. The normalized spacial score (nSPS) is 12.3. The first-order valence-corrected chi connectivity index (χ1v) is 5.94. The molecular weight excluding hydrogens is 228 g/mol. The number of nitrogen functional groups attached to an aromatic ring is 1. The average Bonchev–Trinajstić information content (AvgIpc) is 2.45. The molecule has 0 fully saturated rings. The first-order chi connectivity index (χ1) is 6.89. The zero-order valence-electron chi connectivity index (χ0n) is 8.97. The van der Waals surface area contributed by atoms with E-state index in [9.17, 15) is 0 Å². The lowest BCUT2D eigenvalue weighted by molar-refractivity contribution is 0.595. The fraction of sp³-hybridized carbons (Fsp3) is 0.364. The van der Waals surface area contributed by atoms with Crippen LogP contribution < -0.4 is 5.73 Å². The van der Waals surface area contributed by atoms with Gasteiger partial charge >= 0.3 is 0 Å². The van der Waals surface area contributed by atoms with Crippen LogP contribution in [0, 0.1) is 0 Å². The van der Waals surface area contributed by atoms with Crippen molar-refractivity contribution in [3.8, 4) is 0 Å². The van der Waals surface area contributed by atoms with Gasteiger partial charge in [-0.25, -0.2) is 4.98 Å². The molecule has 0 saturated carbocycles. The van der Waals surface area contributed by atoms with Gasteiger partial charge < -0.3 is 5.73 Å². The molecule has 0 unspecified atom stereocenters. The number of fused-ring (bicyclic) bond motifs is 1. The molecule has 0 aliphatic rings. The summed E-state index contributed by atoms with van der Waals surface area (Å²) in [5.74, 6) is 0. The van der Waals surface area contributed by atoms with Crippen molar-refractivity contribution in [2.45, 2.75) is 26.2 Å². The first kappa shape index (κ1) is 10.7. The number of hydrogen-bond acceptors (Lipinski definition) is 3. The fourth-order valence-electron chi connectivity index (χ4n) is 1.60. The van der Waals surface area contributed by atoms with Crippen molar-refractivity contribution < 1.29 is 0 Å². The highest BCUT2D eigenvalue weighted by Crippen LogP contribution is 2.37. The lowest BCUT2D eigenvalue weighted by Crippen LogP contribution is -2.11. The molecule has 1 aromatic heterocycles. The molecule has 0 aliphatic heterocycles. The minimum atomic E-state index is 0.0589. The molecule has 15 heavy (non-hydrogen) atoms. The molecule has 1 heterocycles. The highest BCUT2D eigenvalue weighted by Gasteiger charge is 2.20. The van der Waals surface area contributed by atoms with E-state index in [-0.39, 0.29) is 5.41 Å². The Hall–Kier alpha value is -0.800. The molecule has 0 amide bonds. The third-order valence-corrected chi connectivity index (χ3v) is 3.66. The van der Waals surface area contributed by atoms with Gasteiger partial charge in [-0.2, -0.15) is 0 Å². The molecule has 2 rings (SSSR count). The third-order valence-electron chi connectivity index (χ3n) is 2.32. The fourth-order valence-corrected chi connectivity index (χ4v) is 2.63. The monoisotopic (exact) mass is 240 g/mol. The molecule has 1 aromatic carbocycles. The van der Waals surface area contributed by atoms with Gasteiger partial charge in [0, 0.05) is 0 Å². The molecule has 0 spiro atoms. The number of nitrogens with two attached hydrogens (primary N) is 1. The average molecular weight is 241 g/mol. The summed E-state index contributed by atoms with van der Waals surface area (Å²) < 4.78 is 0.988. The molecule has 0 saturated heterocycles. The second-order valence-electron chi connectivity index (χ2n) is 4.57. The van der Waals surface area contributed by atoms with Crippen LogP contribution in [0.5, 0.6) is 0 Å². The second kappa shape index (κ2) is 3.35. The number of nitrogens with zero attached hydrogens (tertiary/aromatic N) is 1. The third kappa shape index (κ3) is 1.82. The number of aromatic nitrogens is 1. The van der Waals surface area contributed by atoms with Gasteiger partial charge in [-0.1, -0.05) is 49.8 Å². The summed E-state index contributed by atoms with van der Waals surface area (Å²) in [7, 11) is 0. The van der Waals surface area contributed by atoms with E-state index in [1.54, 1.807) is 0 Å². The van der Waals surface area contributed by atoms with Gasteiger partial charge in [0.2, 0.25) is 0 Å². The van der Waals surface area contributed by atoms with Crippen molar-refractivity contribution in [2.24, 2.45) is 0 Å². The van der Waals surface area contributed by atoms with Crippen LogP contribution in [0.1, 0.15) is 26.3 Å². The number of rotatable bonds is 0. The van der Waals surface area contributed by atoms with Gasteiger partial charge in [0.1, 0.15) is 0 Å². The van der Waals surface area contributed by atoms with Crippen LogP contribution in [0.4, 0.5) is 5.13 Å². The van der Waals surface area contributed by atoms with Crippen molar-refractivity contribution in [3.05, 3.63) is 22.7 Å². The maximum absolute atomic E-state index is 6.11. The van der Waals surface area contributed by atoms with Crippen molar-refractivity contribution in [1.82, 2.24) is 4.98 Å². The van der Waals surface area contributed by atoms with E-state index < -0.39 is 0 Å². The standard InChI is InChI=1S/C11H13ClN2S/c1-11(2,3)6-4-5-7(12)9-8(6)14-10(13)15-9/h4-5H,1-3H3,(H2,13,14). The van der Waals surface area contributed by atoms with Crippen molar-refractivity contribution >= 4 is 38.3 Å². The molecule has 0 aliphatic carbocycles. The Bertz CT molecular complexity index is 511. The van der Waals surface area contributed by atoms with E-state index in [4.69, 9.17) is 17.3 Å². The number of hydrogen-bond donors (Lipinski definition) is 1. The largest absolute Gasteiger partial charge is 0.375 e. The summed E-state index contributed by atoms with van der Waals surface area (Å²) in [4.78, 5) is 4.35. The molecule has 2 aromatic rings. The Morgan fingerprint density at radius 3 is 2.60 bits per heavy atom. The predicted molar refractivity (Wildman–Crippen MR) is 67.7 cm³/mol. The topological polar surface area (TPSA) is 38.9 Å². The highest BCUT2D eigenvalue weighted by atomic mass is 35.5. The number of halogens is 1. The quantitative estimate of drug-likeness (QED) is 0.760. The maximum Gasteiger partial charge on any atom is 0.181 e. The zero-order valence-corrected chi connectivity index (χ0v) is 10.5. The van der Waals surface area contributed by atoms with Crippen LogP contribution in [-0.2, 0) is 5.41 Å². The summed E-state index contributed by atoms with van der Waals surface area (Å²) in [6, 6.07) is 3.95. The van der Waals surface area contributed by atoms with Crippen LogP contribution in [0.15, 0.2) is 12.1 Å². The van der Waals surface area contributed by atoms with E-state index in [1.165, 1.54) is 16.9 Å². The number of benzene rings is 1.